The lowest BCUT2D eigenvalue weighted by molar-refractivity contribution is -0.132. The van der Waals surface area contributed by atoms with Crippen LogP contribution in [0.2, 0.25) is 0 Å². The lowest BCUT2D eigenvalue weighted by atomic mass is 9.97. The topological polar surface area (TPSA) is 122 Å². The van der Waals surface area contributed by atoms with Crippen molar-refractivity contribution in [3.63, 3.8) is 0 Å². The van der Waals surface area contributed by atoms with Gasteiger partial charge in [0.1, 0.15) is 6.04 Å². The lowest BCUT2D eigenvalue weighted by Gasteiger charge is -2.31. The van der Waals surface area contributed by atoms with E-state index in [9.17, 15) is 22.8 Å². The minimum Gasteiger partial charge on any atom is -0.462 e. The molecule has 1 aliphatic rings. The van der Waals surface area contributed by atoms with Crippen molar-refractivity contribution < 1.29 is 27.5 Å². The van der Waals surface area contributed by atoms with Gasteiger partial charge in [0.25, 0.3) is 0 Å². The van der Waals surface area contributed by atoms with Crippen LogP contribution in [0.5, 0.6) is 0 Å². The largest absolute Gasteiger partial charge is 0.462 e. The molecule has 1 fully saturated rings. The van der Waals surface area contributed by atoms with Crippen LogP contribution in [-0.2, 0) is 24.3 Å². The molecule has 1 aromatic carbocycles. The molecule has 1 saturated heterocycles. The Bertz CT molecular complexity index is 929. The summed E-state index contributed by atoms with van der Waals surface area (Å²) in [7, 11) is -3.74. The summed E-state index contributed by atoms with van der Waals surface area (Å²) < 4.78 is 32.1. The number of benzene rings is 1. The van der Waals surface area contributed by atoms with E-state index in [1.54, 1.807) is 13.8 Å². The van der Waals surface area contributed by atoms with Crippen LogP contribution in [-0.4, -0.2) is 61.8 Å². The molecule has 1 aromatic rings. The zero-order valence-electron chi connectivity index (χ0n) is 19.3. The highest BCUT2D eigenvalue weighted by atomic mass is 32.2. The highest BCUT2D eigenvalue weighted by molar-refractivity contribution is 7.89. The van der Waals surface area contributed by atoms with Crippen LogP contribution >= 0.6 is 0 Å². The van der Waals surface area contributed by atoms with Crippen molar-refractivity contribution in [3.05, 3.63) is 29.8 Å². The maximum atomic E-state index is 12.9. The molecule has 0 aromatic heterocycles. The van der Waals surface area contributed by atoms with Gasteiger partial charge in [-0.1, -0.05) is 0 Å². The van der Waals surface area contributed by atoms with Gasteiger partial charge in [-0.25, -0.2) is 13.2 Å². The Morgan fingerprint density at radius 2 is 1.69 bits per heavy atom. The van der Waals surface area contributed by atoms with E-state index in [0.29, 0.717) is 12.8 Å². The van der Waals surface area contributed by atoms with Crippen molar-refractivity contribution >= 4 is 27.8 Å². The summed E-state index contributed by atoms with van der Waals surface area (Å²) in [5.74, 6) is -1.39. The first kappa shape index (κ1) is 25.8. The van der Waals surface area contributed by atoms with Crippen molar-refractivity contribution in [2.24, 2.45) is 5.92 Å². The second-order valence-electron chi connectivity index (χ2n) is 8.89. The molecule has 0 spiro atoms. The van der Waals surface area contributed by atoms with E-state index in [-0.39, 0.29) is 47.9 Å². The third kappa shape index (κ3) is 6.77. The van der Waals surface area contributed by atoms with Gasteiger partial charge in [0, 0.05) is 24.5 Å². The summed E-state index contributed by atoms with van der Waals surface area (Å²) in [5, 5.41) is 5.54. The number of rotatable bonds is 7. The van der Waals surface area contributed by atoms with E-state index in [1.165, 1.54) is 28.6 Å². The van der Waals surface area contributed by atoms with Crippen LogP contribution in [0, 0.1) is 5.92 Å². The monoisotopic (exact) mass is 467 g/mol. The second-order valence-corrected chi connectivity index (χ2v) is 10.8. The highest BCUT2D eigenvalue weighted by Crippen LogP contribution is 2.24. The molecular formula is C22H33N3O6S. The number of carbonyl (C=O) groups excluding carboxylic acids is 3. The molecule has 2 rings (SSSR count). The quantitative estimate of drug-likeness (QED) is 0.589. The van der Waals surface area contributed by atoms with Gasteiger partial charge in [-0.15, -0.1) is 0 Å². The smallest absolute Gasteiger partial charge is 0.338 e. The van der Waals surface area contributed by atoms with Gasteiger partial charge < -0.3 is 15.4 Å². The van der Waals surface area contributed by atoms with Crippen LogP contribution in [0.1, 0.15) is 57.8 Å². The van der Waals surface area contributed by atoms with E-state index >= 15 is 0 Å². The number of piperidine rings is 1. The first-order valence-electron chi connectivity index (χ1n) is 10.7. The maximum absolute atomic E-state index is 12.9. The lowest BCUT2D eigenvalue weighted by Crippen LogP contribution is -2.52. The normalized spacial score (nSPS) is 16.8. The molecule has 32 heavy (non-hydrogen) atoms. The fourth-order valence-electron chi connectivity index (χ4n) is 3.36. The summed E-state index contributed by atoms with van der Waals surface area (Å²) >= 11 is 0. The van der Waals surface area contributed by atoms with Crippen molar-refractivity contribution in [2.45, 2.75) is 63.9 Å². The molecule has 9 nitrogen and oxygen atoms in total. The third-order valence-corrected chi connectivity index (χ3v) is 6.99. The van der Waals surface area contributed by atoms with Crippen LogP contribution in [0.3, 0.4) is 0 Å². The average molecular weight is 468 g/mol. The summed E-state index contributed by atoms with van der Waals surface area (Å²) in [4.78, 5) is 36.6. The summed E-state index contributed by atoms with van der Waals surface area (Å²) in [5.41, 5.74) is -0.115. The molecule has 0 radical (unpaired) electrons. The van der Waals surface area contributed by atoms with Crippen molar-refractivity contribution in [1.29, 1.82) is 0 Å². The van der Waals surface area contributed by atoms with Crippen molar-refractivity contribution in [1.82, 2.24) is 14.9 Å². The summed E-state index contributed by atoms with van der Waals surface area (Å²) in [6, 6.07) is 4.94. The van der Waals surface area contributed by atoms with Gasteiger partial charge in [-0.3, -0.25) is 9.59 Å². The molecule has 0 saturated carbocycles. The molecule has 2 amide bonds. The predicted octanol–water partition coefficient (Wildman–Crippen LogP) is 1.68. The van der Waals surface area contributed by atoms with Crippen LogP contribution in [0.25, 0.3) is 0 Å². The van der Waals surface area contributed by atoms with E-state index in [2.05, 4.69) is 10.6 Å². The fourth-order valence-corrected chi connectivity index (χ4v) is 4.83. The average Bonchev–Trinajstić information content (AvgIpc) is 2.72. The number of nitrogens with one attached hydrogen (secondary N) is 2. The van der Waals surface area contributed by atoms with Gasteiger partial charge in [0.05, 0.1) is 17.1 Å². The Morgan fingerprint density at radius 3 is 2.19 bits per heavy atom. The van der Waals surface area contributed by atoms with Crippen LogP contribution in [0.15, 0.2) is 29.2 Å². The molecule has 1 atom stereocenters. The van der Waals surface area contributed by atoms with Gasteiger partial charge >= 0.3 is 5.97 Å². The summed E-state index contributed by atoms with van der Waals surface area (Å²) in [6.07, 6.45) is 0.721. The van der Waals surface area contributed by atoms with Crippen molar-refractivity contribution in [2.75, 3.05) is 19.7 Å². The molecule has 0 bridgehead atoms. The number of esters is 1. The number of ether oxygens (including phenoxy) is 1. The van der Waals surface area contributed by atoms with Gasteiger partial charge in [-0.05, 0) is 71.7 Å². The Labute approximate surface area is 189 Å². The molecule has 178 valence electrons. The molecule has 1 unspecified atom stereocenters. The Kier molecular flexibility index (Phi) is 8.41. The van der Waals surface area contributed by atoms with E-state index in [1.807, 2.05) is 20.8 Å². The van der Waals surface area contributed by atoms with E-state index in [0.717, 1.165) is 0 Å². The predicted molar refractivity (Wildman–Crippen MR) is 119 cm³/mol. The van der Waals surface area contributed by atoms with Crippen LogP contribution < -0.4 is 10.6 Å². The van der Waals surface area contributed by atoms with Crippen LogP contribution in [0.4, 0.5) is 0 Å². The first-order valence-corrected chi connectivity index (χ1v) is 12.2. The van der Waals surface area contributed by atoms with E-state index in [4.69, 9.17) is 4.74 Å². The number of carbonyl (C=O) groups is 3. The Morgan fingerprint density at radius 1 is 1.12 bits per heavy atom. The number of amides is 2. The molecule has 10 heteroatoms. The number of hydrogen-bond donors (Lipinski definition) is 2. The van der Waals surface area contributed by atoms with Gasteiger partial charge in [0.2, 0.25) is 21.8 Å². The Hall–Kier alpha value is -2.46. The molecule has 1 heterocycles. The molecular weight excluding hydrogens is 434 g/mol. The zero-order chi connectivity index (χ0) is 24.1. The molecule has 0 aliphatic carbocycles. The SMILES string of the molecule is CCOC(=O)c1ccc(S(=O)(=O)N2CCC(C(=O)NC(C)C(=O)NC(C)(C)C)CC2)cc1. The van der Waals surface area contributed by atoms with E-state index < -0.39 is 27.6 Å². The minimum absolute atomic E-state index is 0.0842. The minimum atomic E-state index is -3.74. The number of sulfonamides is 1. The van der Waals surface area contributed by atoms with Gasteiger partial charge in [-0.2, -0.15) is 4.31 Å². The second kappa shape index (κ2) is 10.4. The first-order chi connectivity index (χ1) is 14.8. The number of nitrogens with zero attached hydrogens (tertiary/aromatic N) is 1. The fraction of sp³-hybridized carbons (Fsp3) is 0.591. The maximum Gasteiger partial charge on any atom is 0.338 e. The molecule has 2 N–H and O–H groups in total. The number of hydrogen-bond acceptors (Lipinski definition) is 6. The third-order valence-electron chi connectivity index (χ3n) is 5.08. The van der Waals surface area contributed by atoms with Crippen molar-refractivity contribution in [3.8, 4) is 0 Å². The Balaban J connectivity index is 1.94. The molecule has 1 aliphatic heterocycles. The standard InChI is InChI=1S/C22H33N3O6S/c1-6-31-21(28)17-7-9-18(10-8-17)32(29,30)25-13-11-16(12-14-25)20(27)23-15(2)19(26)24-22(3,4)5/h7-10,15-16H,6,11-14H2,1-5H3,(H,23,27)(H,24,26). The van der Waals surface area contributed by atoms with Gasteiger partial charge in [0.15, 0.2) is 0 Å². The zero-order valence-corrected chi connectivity index (χ0v) is 20.1. The highest BCUT2D eigenvalue weighted by Gasteiger charge is 2.33. The summed E-state index contributed by atoms with van der Waals surface area (Å²) in [6.45, 7) is 9.53.